The highest BCUT2D eigenvalue weighted by Gasteiger charge is 2.17. The first-order valence-electron chi connectivity index (χ1n) is 8.52. The number of carbonyl (C=O) groups excluding carboxylic acids is 1. The summed E-state index contributed by atoms with van der Waals surface area (Å²) in [6.45, 7) is 0. The second-order valence-electron chi connectivity index (χ2n) is 5.90. The number of benzene rings is 3. The fraction of sp³-hybridized carbons (Fsp3) is 0.136. The molecule has 27 heavy (non-hydrogen) atoms. The monoisotopic (exact) mass is 397 g/mol. The van der Waals surface area contributed by atoms with Crippen LogP contribution in [-0.2, 0) is 4.79 Å². The van der Waals surface area contributed by atoms with Gasteiger partial charge in [-0.1, -0.05) is 66.2 Å². The van der Waals surface area contributed by atoms with Crippen molar-refractivity contribution in [2.24, 2.45) is 0 Å². The molecule has 0 radical (unpaired) electrons. The molecule has 0 fully saturated rings. The second-order valence-corrected chi connectivity index (χ2v) is 7.43. The Morgan fingerprint density at radius 3 is 2.30 bits per heavy atom. The van der Waals surface area contributed by atoms with E-state index < -0.39 is 0 Å². The maximum absolute atomic E-state index is 12.5. The summed E-state index contributed by atoms with van der Waals surface area (Å²) in [5.41, 5.74) is 2.93. The van der Waals surface area contributed by atoms with Crippen LogP contribution < -0.4 is 10.1 Å². The SMILES string of the molecule is COc1ccccc1NC(=O)CSC(c1ccccc1)c1ccc(Cl)cc1. The predicted molar refractivity (Wildman–Crippen MR) is 114 cm³/mol. The Morgan fingerprint density at radius 2 is 1.59 bits per heavy atom. The topological polar surface area (TPSA) is 38.3 Å². The van der Waals surface area contributed by atoms with E-state index in [9.17, 15) is 4.79 Å². The van der Waals surface area contributed by atoms with Crippen molar-refractivity contribution in [1.29, 1.82) is 0 Å². The summed E-state index contributed by atoms with van der Waals surface area (Å²) in [6.07, 6.45) is 0. The zero-order chi connectivity index (χ0) is 19.1. The molecular formula is C22H20ClNO2S. The highest BCUT2D eigenvalue weighted by Crippen LogP contribution is 2.36. The van der Waals surface area contributed by atoms with Crippen molar-refractivity contribution in [3.63, 3.8) is 0 Å². The van der Waals surface area contributed by atoms with Crippen LogP contribution in [0.5, 0.6) is 5.75 Å². The average Bonchev–Trinajstić information content (AvgIpc) is 2.70. The lowest BCUT2D eigenvalue weighted by molar-refractivity contribution is -0.113. The number of methoxy groups -OCH3 is 1. The molecule has 3 aromatic rings. The van der Waals surface area contributed by atoms with Gasteiger partial charge < -0.3 is 10.1 Å². The Morgan fingerprint density at radius 1 is 0.963 bits per heavy atom. The number of para-hydroxylation sites is 2. The van der Waals surface area contributed by atoms with Gasteiger partial charge in [0.25, 0.3) is 0 Å². The number of anilines is 1. The molecule has 0 heterocycles. The molecule has 0 aromatic heterocycles. The van der Waals surface area contributed by atoms with Crippen LogP contribution in [-0.4, -0.2) is 18.8 Å². The van der Waals surface area contributed by atoms with E-state index >= 15 is 0 Å². The van der Waals surface area contributed by atoms with Crippen LogP contribution in [0.25, 0.3) is 0 Å². The molecule has 5 heteroatoms. The lowest BCUT2D eigenvalue weighted by Crippen LogP contribution is -2.16. The van der Waals surface area contributed by atoms with Crippen LogP contribution in [0, 0.1) is 0 Å². The van der Waals surface area contributed by atoms with Gasteiger partial charge in [-0.2, -0.15) is 0 Å². The third kappa shape index (κ3) is 5.28. The van der Waals surface area contributed by atoms with Crippen LogP contribution >= 0.6 is 23.4 Å². The Kier molecular flexibility index (Phi) is 6.80. The molecule has 138 valence electrons. The normalized spacial score (nSPS) is 11.6. The lowest BCUT2D eigenvalue weighted by atomic mass is 10.0. The minimum absolute atomic E-state index is 0.0480. The average molecular weight is 398 g/mol. The summed E-state index contributed by atoms with van der Waals surface area (Å²) in [5.74, 6) is 0.896. The fourth-order valence-electron chi connectivity index (χ4n) is 2.74. The van der Waals surface area contributed by atoms with E-state index in [1.807, 2.05) is 66.7 Å². The van der Waals surface area contributed by atoms with E-state index in [-0.39, 0.29) is 11.2 Å². The van der Waals surface area contributed by atoms with Gasteiger partial charge in [0, 0.05) is 5.02 Å². The first-order valence-corrected chi connectivity index (χ1v) is 9.95. The van der Waals surface area contributed by atoms with E-state index in [4.69, 9.17) is 16.3 Å². The van der Waals surface area contributed by atoms with Gasteiger partial charge in [-0.05, 0) is 35.4 Å². The van der Waals surface area contributed by atoms with E-state index in [2.05, 4.69) is 17.4 Å². The van der Waals surface area contributed by atoms with Crippen molar-refractivity contribution in [2.75, 3.05) is 18.2 Å². The maximum Gasteiger partial charge on any atom is 0.234 e. The molecule has 0 bridgehead atoms. The third-order valence-corrected chi connectivity index (χ3v) is 5.60. The molecule has 1 amide bonds. The van der Waals surface area contributed by atoms with Crippen molar-refractivity contribution < 1.29 is 9.53 Å². The number of hydrogen-bond acceptors (Lipinski definition) is 3. The molecule has 0 aliphatic rings. The standard InChI is InChI=1S/C22H20ClNO2S/c1-26-20-10-6-5-9-19(20)24-21(25)15-27-22(16-7-3-2-4-8-16)17-11-13-18(23)14-12-17/h2-14,22H,15H2,1H3,(H,24,25). The summed E-state index contributed by atoms with van der Waals surface area (Å²) >= 11 is 7.60. The molecular weight excluding hydrogens is 378 g/mol. The molecule has 0 saturated heterocycles. The number of carbonyl (C=O) groups is 1. The summed E-state index contributed by atoms with van der Waals surface area (Å²) < 4.78 is 5.29. The van der Waals surface area contributed by atoms with E-state index in [0.717, 1.165) is 11.1 Å². The molecule has 0 aliphatic carbocycles. The maximum atomic E-state index is 12.5. The molecule has 3 aromatic carbocycles. The summed E-state index contributed by atoms with van der Waals surface area (Å²) in [6, 6.07) is 25.3. The van der Waals surface area contributed by atoms with Crippen molar-refractivity contribution in [3.8, 4) is 5.75 Å². The summed E-state index contributed by atoms with van der Waals surface area (Å²) in [4.78, 5) is 12.5. The molecule has 3 nitrogen and oxygen atoms in total. The van der Waals surface area contributed by atoms with Gasteiger partial charge >= 0.3 is 0 Å². The number of amides is 1. The quantitative estimate of drug-likeness (QED) is 0.546. The Balaban J connectivity index is 1.73. The molecule has 1 N–H and O–H groups in total. The molecule has 0 saturated carbocycles. The zero-order valence-corrected chi connectivity index (χ0v) is 16.5. The number of halogens is 1. The van der Waals surface area contributed by atoms with Gasteiger partial charge in [0.15, 0.2) is 0 Å². The van der Waals surface area contributed by atoms with Crippen LogP contribution in [0.2, 0.25) is 5.02 Å². The van der Waals surface area contributed by atoms with Crippen molar-refractivity contribution in [2.45, 2.75) is 5.25 Å². The zero-order valence-electron chi connectivity index (χ0n) is 14.9. The van der Waals surface area contributed by atoms with E-state index in [1.165, 1.54) is 0 Å². The molecule has 0 aliphatic heterocycles. The predicted octanol–water partition coefficient (Wildman–Crippen LogP) is 5.81. The molecule has 1 atom stereocenters. The third-order valence-electron chi connectivity index (χ3n) is 4.04. The van der Waals surface area contributed by atoms with Crippen molar-refractivity contribution >= 4 is 35.0 Å². The van der Waals surface area contributed by atoms with E-state index in [0.29, 0.717) is 22.2 Å². The highest BCUT2D eigenvalue weighted by atomic mass is 35.5. The number of thioether (sulfide) groups is 1. The Bertz CT molecular complexity index is 884. The number of rotatable bonds is 7. The molecule has 0 spiro atoms. The van der Waals surface area contributed by atoms with Gasteiger partial charge in [-0.3, -0.25) is 4.79 Å². The largest absolute Gasteiger partial charge is 0.495 e. The minimum Gasteiger partial charge on any atom is -0.495 e. The van der Waals surface area contributed by atoms with Gasteiger partial charge in [-0.25, -0.2) is 0 Å². The van der Waals surface area contributed by atoms with Gasteiger partial charge in [0.1, 0.15) is 5.75 Å². The molecule has 3 rings (SSSR count). The van der Waals surface area contributed by atoms with Crippen LogP contribution in [0.3, 0.4) is 0 Å². The Labute approximate surface area is 168 Å². The van der Waals surface area contributed by atoms with Crippen LogP contribution in [0.1, 0.15) is 16.4 Å². The lowest BCUT2D eigenvalue weighted by Gasteiger charge is -2.18. The van der Waals surface area contributed by atoms with E-state index in [1.54, 1.807) is 18.9 Å². The number of ether oxygens (including phenoxy) is 1. The summed E-state index contributed by atoms with van der Waals surface area (Å²) in [5, 5.41) is 3.67. The minimum atomic E-state index is -0.0700. The first-order chi connectivity index (χ1) is 13.2. The van der Waals surface area contributed by atoms with Crippen LogP contribution in [0.4, 0.5) is 5.69 Å². The first kappa shape index (κ1) is 19.3. The van der Waals surface area contributed by atoms with Crippen LogP contribution in [0.15, 0.2) is 78.9 Å². The second kappa shape index (κ2) is 9.49. The summed E-state index contributed by atoms with van der Waals surface area (Å²) in [7, 11) is 1.59. The Hall–Kier alpha value is -2.43. The fourth-order valence-corrected chi connectivity index (χ4v) is 3.96. The van der Waals surface area contributed by atoms with Crippen molar-refractivity contribution in [1.82, 2.24) is 0 Å². The van der Waals surface area contributed by atoms with Gasteiger partial charge in [-0.15, -0.1) is 11.8 Å². The number of hydrogen-bond donors (Lipinski definition) is 1. The van der Waals surface area contributed by atoms with Gasteiger partial charge in [0.05, 0.1) is 23.8 Å². The molecule has 1 unspecified atom stereocenters. The highest BCUT2D eigenvalue weighted by molar-refractivity contribution is 8.00. The van der Waals surface area contributed by atoms with Crippen molar-refractivity contribution in [3.05, 3.63) is 95.0 Å². The van der Waals surface area contributed by atoms with Gasteiger partial charge in [0.2, 0.25) is 5.91 Å². The smallest absolute Gasteiger partial charge is 0.234 e. The number of nitrogens with one attached hydrogen (secondary N) is 1.